The van der Waals surface area contributed by atoms with Gasteiger partial charge in [0.05, 0.1) is 11.4 Å². The van der Waals surface area contributed by atoms with Crippen molar-refractivity contribution in [3.05, 3.63) is 56.3 Å². The van der Waals surface area contributed by atoms with Crippen LogP contribution in [0.15, 0.2) is 10.9 Å². The number of aryl methyl sites for hydroxylation is 1. The molecule has 8 heteroatoms. The molecular weight excluding hydrogens is 323 g/mol. The summed E-state index contributed by atoms with van der Waals surface area (Å²) < 4.78 is 41.0. The molecule has 3 rings (SSSR count). The van der Waals surface area contributed by atoms with E-state index < -0.39 is 28.9 Å². The van der Waals surface area contributed by atoms with Gasteiger partial charge in [-0.25, -0.2) is 18.3 Å². The van der Waals surface area contributed by atoms with E-state index in [1.165, 1.54) is 0 Å². The second kappa shape index (κ2) is 5.77. The summed E-state index contributed by atoms with van der Waals surface area (Å²) in [5.41, 5.74) is -0.0753. The molecule has 24 heavy (non-hydrogen) atoms. The molecule has 2 heterocycles. The number of carbonyl (C=O) groups excluding carboxylic acids is 1. The number of hydrogen-bond donors (Lipinski definition) is 1. The van der Waals surface area contributed by atoms with Gasteiger partial charge in [0, 0.05) is 18.2 Å². The van der Waals surface area contributed by atoms with Crippen LogP contribution in [0.4, 0.5) is 18.9 Å². The minimum absolute atomic E-state index is 0.0454. The third-order valence-corrected chi connectivity index (χ3v) is 4.27. The highest BCUT2D eigenvalue weighted by Crippen LogP contribution is 2.33. The van der Waals surface area contributed by atoms with E-state index >= 15 is 0 Å². The smallest absolute Gasteiger partial charge is 0.277 e. The van der Waals surface area contributed by atoms with E-state index in [-0.39, 0.29) is 29.8 Å². The SMILES string of the molecule is Cc1n[nH]c(=O)c(C(=O)N2CCCc3c2cc(F)c(F)c3F)c1C. The lowest BCUT2D eigenvalue weighted by Gasteiger charge is -2.30. The lowest BCUT2D eigenvalue weighted by Crippen LogP contribution is -2.40. The highest BCUT2D eigenvalue weighted by molar-refractivity contribution is 6.07. The summed E-state index contributed by atoms with van der Waals surface area (Å²) in [5, 5.41) is 6.00. The molecule has 1 N–H and O–H groups in total. The Morgan fingerprint density at radius 2 is 1.96 bits per heavy atom. The predicted molar refractivity (Wildman–Crippen MR) is 80.6 cm³/mol. The highest BCUT2D eigenvalue weighted by atomic mass is 19.2. The molecule has 0 radical (unpaired) electrons. The molecule has 1 aromatic carbocycles. The van der Waals surface area contributed by atoms with E-state index in [1.807, 2.05) is 0 Å². The summed E-state index contributed by atoms with van der Waals surface area (Å²) in [5.74, 6) is -4.91. The third kappa shape index (κ3) is 2.38. The number of fused-ring (bicyclic) bond motifs is 1. The maximum atomic E-state index is 14.0. The molecule has 0 fully saturated rings. The third-order valence-electron chi connectivity index (χ3n) is 4.27. The molecule has 1 amide bonds. The normalized spacial score (nSPS) is 13.8. The number of aromatic amines is 1. The first-order valence-electron chi connectivity index (χ1n) is 7.37. The van der Waals surface area contributed by atoms with Crippen LogP contribution in [0.1, 0.15) is 33.6 Å². The Morgan fingerprint density at radius 1 is 1.25 bits per heavy atom. The molecule has 1 aromatic heterocycles. The van der Waals surface area contributed by atoms with Crippen molar-refractivity contribution in [2.75, 3.05) is 11.4 Å². The van der Waals surface area contributed by atoms with Crippen LogP contribution in [-0.4, -0.2) is 22.6 Å². The lowest BCUT2D eigenvalue weighted by atomic mass is 9.99. The topological polar surface area (TPSA) is 66.1 Å². The van der Waals surface area contributed by atoms with Crippen LogP contribution in [0.5, 0.6) is 0 Å². The monoisotopic (exact) mass is 337 g/mol. The Balaban J connectivity index is 2.16. The molecule has 0 saturated heterocycles. The van der Waals surface area contributed by atoms with Gasteiger partial charge >= 0.3 is 0 Å². The highest BCUT2D eigenvalue weighted by Gasteiger charge is 2.31. The number of nitrogens with zero attached hydrogens (tertiary/aromatic N) is 2. The fourth-order valence-corrected chi connectivity index (χ4v) is 2.86. The van der Waals surface area contributed by atoms with Crippen molar-refractivity contribution in [3.8, 4) is 0 Å². The maximum absolute atomic E-state index is 14.0. The number of rotatable bonds is 1. The summed E-state index contributed by atoms with van der Waals surface area (Å²) in [6.07, 6.45) is 0.564. The summed E-state index contributed by atoms with van der Waals surface area (Å²) in [6.45, 7) is 3.37. The number of aromatic nitrogens is 2. The maximum Gasteiger partial charge on any atom is 0.277 e. The van der Waals surface area contributed by atoms with Gasteiger partial charge in [-0.1, -0.05) is 0 Å². The van der Waals surface area contributed by atoms with Crippen molar-refractivity contribution < 1.29 is 18.0 Å². The second-order valence-electron chi connectivity index (χ2n) is 5.68. The second-order valence-corrected chi connectivity index (χ2v) is 5.68. The van der Waals surface area contributed by atoms with Gasteiger partial charge in [0.25, 0.3) is 11.5 Å². The first-order valence-corrected chi connectivity index (χ1v) is 7.37. The fourth-order valence-electron chi connectivity index (χ4n) is 2.86. The van der Waals surface area contributed by atoms with Crippen molar-refractivity contribution in [1.29, 1.82) is 0 Å². The van der Waals surface area contributed by atoms with Gasteiger partial charge < -0.3 is 4.90 Å². The molecule has 0 bridgehead atoms. The van der Waals surface area contributed by atoms with Crippen molar-refractivity contribution in [3.63, 3.8) is 0 Å². The molecule has 0 spiro atoms. The average Bonchev–Trinajstić information content (AvgIpc) is 2.56. The van der Waals surface area contributed by atoms with E-state index in [0.29, 0.717) is 17.7 Å². The molecule has 1 aliphatic heterocycles. The molecule has 1 aliphatic rings. The van der Waals surface area contributed by atoms with E-state index in [2.05, 4.69) is 10.2 Å². The van der Waals surface area contributed by atoms with Gasteiger partial charge in [0.15, 0.2) is 17.5 Å². The Labute approximate surface area is 135 Å². The summed E-state index contributed by atoms with van der Waals surface area (Å²) in [7, 11) is 0. The molecule has 0 aliphatic carbocycles. The van der Waals surface area contributed by atoms with E-state index in [1.54, 1.807) is 13.8 Å². The first-order chi connectivity index (χ1) is 11.3. The zero-order chi connectivity index (χ0) is 17.6. The van der Waals surface area contributed by atoms with Crippen LogP contribution in [0.3, 0.4) is 0 Å². The van der Waals surface area contributed by atoms with Gasteiger partial charge in [0.2, 0.25) is 0 Å². The number of hydrogen-bond acceptors (Lipinski definition) is 3. The summed E-state index contributed by atoms with van der Waals surface area (Å²) in [4.78, 5) is 25.9. The first kappa shape index (κ1) is 16.2. The predicted octanol–water partition coefficient (Wildman–Crippen LogP) is 2.40. The quantitative estimate of drug-likeness (QED) is 0.813. The van der Waals surface area contributed by atoms with Gasteiger partial charge in [-0.2, -0.15) is 5.10 Å². The molecular formula is C16H14F3N3O2. The summed E-state index contributed by atoms with van der Waals surface area (Å²) >= 11 is 0. The minimum atomic E-state index is -1.56. The van der Waals surface area contributed by atoms with Crippen molar-refractivity contribution in [2.24, 2.45) is 0 Å². The molecule has 0 unspecified atom stereocenters. The minimum Gasteiger partial charge on any atom is -0.308 e. The van der Waals surface area contributed by atoms with Gasteiger partial charge in [0.1, 0.15) is 5.56 Å². The standard InChI is InChI=1S/C16H14F3N3O2/c1-7-8(2)20-21-15(23)12(7)16(24)22-5-3-4-9-11(22)6-10(17)14(19)13(9)18/h6H,3-5H2,1-2H3,(H,21,23). The Hall–Kier alpha value is -2.64. The number of benzene rings is 1. The van der Waals surface area contributed by atoms with Crippen molar-refractivity contribution in [1.82, 2.24) is 10.2 Å². The van der Waals surface area contributed by atoms with Crippen LogP contribution < -0.4 is 10.5 Å². The number of halogens is 3. The fraction of sp³-hybridized carbons (Fsp3) is 0.312. The Morgan fingerprint density at radius 3 is 2.67 bits per heavy atom. The van der Waals surface area contributed by atoms with Gasteiger partial charge in [-0.15, -0.1) is 0 Å². The van der Waals surface area contributed by atoms with E-state index in [4.69, 9.17) is 0 Å². The van der Waals surface area contributed by atoms with Crippen molar-refractivity contribution in [2.45, 2.75) is 26.7 Å². The van der Waals surface area contributed by atoms with Gasteiger partial charge in [-0.05, 0) is 32.3 Å². The average molecular weight is 337 g/mol. The number of carbonyl (C=O) groups is 1. The molecule has 2 aromatic rings. The van der Waals surface area contributed by atoms with Crippen LogP contribution >= 0.6 is 0 Å². The molecule has 0 atom stereocenters. The molecule has 0 saturated carbocycles. The molecule has 5 nitrogen and oxygen atoms in total. The van der Waals surface area contributed by atoms with Crippen LogP contribution in [-0.2, 0) is 6.42 Å². The van der Waals surface area contributed by atoms with Gasteiger partial charge in [-0.3, -0.25) is 9.59 Å². The van der Waals surface area contributed by atoms with Crippen LogP contribution in [0.25, 0.3) is 0 Å². The lowest BCUT2D eigenvalue weighted by molar-refractivity contribution is 0.0982. The zero-order valence-corrected chi connectivity index (χ0v) is 13.0. The largest absolute Gasteiger partial charge is 0.308 e. The van der Waals surface area contributed by atoms with E-state index in [0.717, 1.165) is 11.0 Å². The van der Waals surface area contributed by atoms with Crippen molar-refractivity contribution >= 4 is 11.6 Å². The number of nitrogens with one attached hydrogen (secondary N) is 1. The summed E-state index contributed by atoms with van der Waals surface area (Å²) in [6, 6.07) is 0.794. The number of H-pyrrole nitrogens is 1. The Kier molecular flexibility index (Phi) is 3.90. The molecule has 126 valence electrons. The van der Waals surface area contributed by atoms with Crippen LogP contribution in [0, 0.1) is 31.3 Å². The number of amides is 1. The zero-order valence-electron chi connectivity index (χ0n) is 13.0. The number of anilines is 1. The Bertz CT molecular complexity index is 908. The van der Waals surface area contributed by atoms with Crippen LogP contribution in [0.2, 0.25) is 0 Å². The van der Waals surface area contributed by atoms with E-state index in [9.17, 15) is 22.8 Å².